The molecule has 3 heteroatoms. The van der Waals surface area contributed by atoms with Gasteiger partial charge < -0.3 is 14.7 Å². The highest BCUT2D eigenvalue weighted by atomic mass is 15.2. The standard InChI is InChI=1S/C22H28N2.C21H27N/c1-15(2)23-13-11-19-17(7-5-9-21(19)23)18-8-6-10-22-20(18)12-14-24(22)16(3)4;1-14(2)17-8-6-9-18(16(17)5)19-10-7-11-21-20(19)12-13-22(21)15(3)4/h5-10,15-16H,11-14H2,1-4H3;6-11,14-15H,12-13H2,1-5H3. The molecule has 3 aliphatic heterocycles. The number of rotatable bonds is 6. The Morgan fingerprint density at radius 1 is 0.435 bits per heavy atom. The Balaban J connectivity index is 0.000000162. The van der Waals surface area contributed by atoms with Gasteiger partial charge in [-0.3, -0.25) is 0 Å². The van der Waals surface area contributed by atoms with Crippen molar-refractivity contribution in [2.24, 2.45) is 0 Å². The highest BCUT2D eigenvalue weighted by molar-refractivity contribution is 5.83. The van der Waals surface area contributed by atoms with E-state index in [0.29, 0.717) is 24.0 Å². The zero-order chi connectivity index (χ0) is 32.7. The summed E-state index contributed by atoms with van der Waals surface area (Å²) in [6.45, 7) is 24.0. The molecule has 0 aromatic heterocycles. The summed E-state index contributed by atoms with van der Waals surface area (Å²) in [6, 6.07) is 29.0. The minimum atomic E-state index is 0.569. The van der Waals surface area contributed by atoms with E-state index < -0.39 is 0 Å². The molecular weight excluding hydrogens is 558 g/mol. The van der Waals surface area contributed by atoms with Gasteiger partial charge in [-0.1, -0.05) is 68.4 Å². The quantitative estimate of drug-likeness (QED) is 0.214. The first kappa shape index (κ1) is 32.2. The lowest BCUT2D eigenvalue weighted by Crippen LogP contribution is -2.28. The molecule has 4 aromatic rings. The molecule has 242 valence electrons. The summed E-state index contributed by atoms with van der Waals surface area (Å²) in [5.41, 5.74) is 17.6. The van der Waals surface area contributed by atoms with Crippen molar-refractivity contribution in [2.75, 3.05) is 34.3 Å². The molecule has 0 bridgehead atoms. The lowest BCUT2D eigenvalue weighted by molar-refractivity contribution is 0.710. The molecule has 0 amide bonds. The third-order valence-electron chi connectivity index (χ3n) is 10.6. The summed E-state index contributed by atoms with van der Waals surface area (Å²) in [7, 11) is 0. The first-order chi connectivity index (χ1) is 22.1. The van der Waals surface area contributed by atoms with Crippen LogP contribution in [0.15, 0.2) is 72.8 Å². The molecule has 7 rings (SSSR count). The minimum absolute atomic E-state index is 0.569. The molecule has 0 unspecified atom stereocenters. The van der Waals surface area contributed by atoms with E-state index in [1.165, 1.54) is 68.8 Å². The Morgan fingerprint density at radius 3 is 1.11 bits per heavy atom. The van der Waals surface area contributed by atoms with Crippen LogP contribution in [-0.2, 0) is 19.3 Å². The smallest absolute Gasteiger partial charge is 0.0408 e. The summed E-state index contributed by atoms with van der Waals surface area (Å²) in [4.78, 5) is 7.62. The predicted molar refractivity (Wildman–Crippen MR) is 201 cm³/mol. The van der Waals surface area contributed by atoms with Crippen LogP contribution in [0.1, 0.15) is 89.1 Å². The van der Waals surface area contributed by atoms with Crippen LogP contribution >= 0.6 is 0 Å². The number of hydrogen-bond acceptors (Lipinski definition) is 3. The van der Waals surface area contributed by atoms with E-state index in [2.05, 4.69) is 150 Å². The molecular formula is C43H55N3. The van der Waals surface area contributed by atoms with Crippen LogP contribution in [0.25, 0.3) is 22.3 Å². The van der Waals surface area contributed by atoms with E-state index in [-0.39, 0.29) is 0 Å². The van der Waals surface area contributed by atoms with Crippen molar-refractivity contribution in [2.45, 2.75) is 106 Å². The molecule has 3 aliphatic rings. The van der Waals surface area contributed by atoms with Gasteiger partial charge in [0.15, 0.2) is 0 Å². The van der Waals surface area contributed by atoms with Crippen molar-refractivity contribution in [1.82, 2.24) is 0 Å². The number of hydrogen-bond donors (Lipinski definition) is 0. The van der Waals surface area contributed by atoms with Crippen LogP contribution in [-0.4, -0.2) is 37.8 Å². The second-order valence-corrected chi connectivity index (χ2v) is 14.7. The van der Waals surface area contributed by atoms with Gasteiger partial charge in [0.05, 0.1) is 0 Å². The highest BCUT2D eigenvalue weighted by Crippen LogP contribution is 2.43. The molecule has 0 saturated heterocycles. The van der Waals surface area contributed by atoms with Gasteiger partial charge in [0, 0.05) is 54.8 Å². The summed E-state index contributed by atoms with van der Waals surface area (Å²) in [6.07, 6.45) is 3.50. The van der Waals surface area contributed by atoms with Crippen LogP contribution in [0, 0.1) is 6.92 Å². The third-order valence-corrected chi connectivity index (χ3v) is 10.6. The van der Waals surface area contributed by atoms with Crippen molar-refractivity contribution in [3.63, 3.8) is 0 Å². The topological polar surface area (TPSA) is 9.72 Å². The second kappa shape index (κ2) is 13.2. The van der Waals surface area contributed by atoms with Gasteiger partial charge in [0.25, 0.3) is 0 Å². The first-order valence-corrected chi connectivity index (χ1v) is 17.8. The molecule has 46 heavy (non-hydrogen) atoms. The van der Waals surface area contributed by atoms with Gasteiger partial charge >= 0.3 is 0 Å². The molecule has 0 saturated carbocycles. The van der Waals surface area contributed by atoms with Crippen molar-refractivity contribution >= 4 is 17.1 Å². The Bertz CT molecular complexity index is 1630. The van der Waals surface area contributed by atoms with Gasteiger partial charge in [-0.2, -0.15) is 0 Å². The lowest BCUT2D eigenvalue weighted by atomic mass is 9.89. The van der Waals surface area contributed by atoms with Crippen LogP contribution in [0.4, 0.5) is 17.1 Å². The van der Waals surface area contributed by atoms with E-state index in [1.54, 1.807) is 11.1 Å². The zero-order valence-electron chi connectivity index (χ0n) is 29.8. The fraction of sp³-hybridized carbons (Fsp3) is 0.442. The first-order valence-electron chi connectivity index (χ1n) is 17.8. The Hall–Kier alpha value is -3.72. The van der Waals surface area contributed by atoms with E-state index in [0.717, 1.165) is 26.1 Å². The zero-order valence-corrected chi connectivity index (χ0v) is 29.8. The van der Waals surface area contributed by atoms with E-state index >= 15 is 0 Å². The molecule has 4 aromatic carbocycles. The number of nitrogens with zero attached hydrogens (tertiary/aromatic N) is 3. The average Bonchev–Trinajstić information content (AvgIpc) is 3.78. The van der Waals surface area contributed by atoms with Gasteiger partial charge in [0.1, 0.15) is 0 Å². The Labute approximate surface area is 279 Å². The van der Waals surface area contributed by atoms with Gasteiger partial charge in [-0.15, -0.1) is 0 Å². The van der Waals surface area contributed by atoms with E-state index in [1.807, 2.05) is 0 Å². The lowest BCUT2D eigenvalue weighted by Gasteiger charge is -2.25. The normalized spacial score (nSPS) is 15.2. The van der Waals surface area contributed by atoms with Crippen LogP contribution in [0.3, 0.4) is 0 Å². The summed E-state index contributed by atoms with van der Waals surface area (Å²) < 4.78 is 0. The van der Waals surface area contributed by atoms with Crippen molar-refractivity contribution in [3.05, 3.63) is 101 Å². The molecule has 3 heterocycles. The third kappa shape index (κ3) is 5.83. The fourth-order valence-electron chi connectivity index (χ4n) is 8.31. The van der Waals surface area contributed by atoms with E-state index in [9.17, 15) is 0 Å². The van der Waals surface area contributed by atoms with Crippen molar-refractivity contribution < 1.29 is 0 Å². The maximum absolute atomic E-state index is 2.54. The monoisotopic (exact) mass is 613 g/mol. The van der Waals surface area contributed by atoms with Crippen LogP contribution in [0.5, 0.6) is 0 Å². The van der Waals surface area contributed by atoms with Crippen molar-refractivity contribution in [1.29, 1.82) is 0 Å². The fourth-order valence-corrected chi connectivity index (χ4v) is 8.31. The van der Waals surface area contributed by atoms with Gasteiger partial charge in [0.2, 0.25) is 0 Å². The minimum Gasteiger partial charge on any atom is -0.369 e. The second-order valence-electron chi connectivity index (χ2n) is 14.7. The molecule has 0 N–H and O–H groups in total. The number of anilines is 3. The van der Waals surface area contributed by atoms with Gasteiger partial charge in [-0.05, 0) is 142 Å². The SMILES string of the molecule is CC(C)N1CCc2c(-c3cccc4c3CCN4C(C)C)cccc21.Cc1c(-c2cccc3c2CCN3C(C)C)cccc1C(C)C. The van der Waals surface area contributed by atoms with E-state index in [4.69, 9.17) is 0 Å². The molecule has 0 aliphatic carbocycles. The molecule has 3 nitrogen and oxygen atoms in total. The van der Waals surface area contributed by atoms with Crippen LogP contribution < -0.4 is 14.7 Å². The highest BCUT2D eigenvalue weighted by Gasteiger charge is 2.28. The van der Waals surface area contributed by atoms with Gasteiger partial charge in [-0.25, -0.2) is 0 Å². The largest absolute Gasteiger partial charge is 0.369 e. The Kier molecular flexibility index (Phi) is 9.24. The molecule has 0 atom stereocenters. The molecule has 0 fully saturated rings. The maximum atomic E-state index is 2.54. The summed E-state index contributed by atoms with van der Waals surface area (Å²) in [5.74, 6) is 0.573. The molecule has 0 spiro atoms. The molecule has 0 radical (unpaired) electrons. The van der Waals surface area contributed by atoms with Crippen LogP contribution in [0.2, 0.25) is 0 Å². The Morgan fingerprint density at radius 2 is 0.761 bits per heavy atom. The average molecular weight is 614 g/mol. The van der Waals surface area contributed by atoms with Crippen molar-refractivity contribution in [3.8, 4) is 22.3 Å². The summed E-state index contributed by atoms with van der Waals surface area (Å²) >= 11 is 0. The predicted octanol–water partition coefficient (Wildman–Crippen LogP) is 10.5. The maximum Gasteiger partial charge on any atom is 0.0408 e. The summed E-state index contributed by atoms with van der Waals surface area (Å²) in [5, 5.41) is 0. The number of benzene rings is 4. The number of fused-ring (bicyclic) bond motifs is 3.